The number of nitrogens with one attached hydrogen (secondary N) is 2. The molecule has 0 rings (SSSR count). The number of unbranched alkanes of at least 4 members (excludes halogenated alkanes) is 11. The Bertz CT molecular complexity index is 488. The molecule has 0 aliphatic rings. The predicted molar refractivity (Wildman–Crippen MR) is 119 cm³/mol. The summed E-state index contributed by atoms with van der Waals surface area (Å²) in [5.74, 6) is -1.65. The highest BCUT2D eigenvalue weighted by Crippen LogP contribution is 2.12. The first-order chi connectivity index (χ1) is 14.2. The van der Waals surface area contributed by atoms with Gasteiger partial charge in [-0.15, -0.1) is 0 Å². The van der Waals surface area contributed by atoms with Crippen LogP contribution in [0, 0.1) is 0 Å². The quantitative estimate of drug-likeness (QED) is 0.277. The van der Waals surface area contributed by atoms with Crippen LogP contribution in [0.5, 0.6) is 0 Å². The second-order valence-electron chi connectivity index (χ2n) is 8.98. The summed E-state index contributed by atoms with van der Waals surface area (Å²) in [5.41, 5.74) is -0.719. The normalized spacial score (nSPS) is 12.3. The number of carboxylic acid groups (broad SMARTS) is 1. The van der Waals surface area contributed by atoms with Crippen LogP contribution in [0.3, 0.4) is 0 Å². The van der Waals surface area contributed by atoms with E-state index in [1.54, 1.807) is 20.8 Å². The molecule has 0 aromatic rings. The molecule has 0 saturated carbocycles. The number of amides is 2. The number of carbonyl (C=O) groups excluding carboxylic acids is 2. The molecule has 7 nitrogen and oxygen atoms in total. The average molecular weight is 429 g/mol. The zero-order valence-corrected chi connectivity index (χ0v) is 19.6. The second kappa shape index (κ2) is 16.9. The van der Waals surface area contributed by atoms with E-state index in [4.69, 9.17) is 9.84 Å². The zero-order chi connectivity index (χ0) is 22.8. The summed E-state index contributed by atoms with van der Waals surface area (Å²) in [7, 11) is 0. The lowest BCUT2D eigenvalue weighted by molar-refractivity contribution is -0.139. The van der Waals surface area contributed by atoms with Crippen LogP contribution in [0.1, 0.15) is 111 Å². The van der Waals surface area contributed by atoms with Gasteiger partial charge in [-0.1, -0.05) is 77.6 Å². The minimum Gasteiger partial charge on any atom is -0.481 e. The third-order valence-electron chi connectivity index (χ3n) is 4.72. The van der Waals surface area contributed by atoms with Crippen molar-refractivity contribution >= 4 is 18.0 Å². The molecule has 3 N–H and O–H groups in total. The standard InChI is InChI=1S/C23H44N2O5/c1-5-6-7-8-9-10-11-12-13-14-15-16-17-24-21(28)19(18-20(26)27)25-22(29)30-23(2,3)4/h19H,5-18H2,1-4H3,(H,24,28)(H,25,29)(H,26,27). The molecule has 176 valence electrons. The Morgan fingerprint density at radius 2 is 1.30 bits per heavy atom. The first kappa shape index (κ1) is 28.2. The van der Waals surface area contributed by atoms with E-state index in [1.165, 1.54) is 57.8 Å². The molecule has 30 heavy (non-hydrogen) atoms. The van der Waals surface area contributed by atoms with Crippen molar-refractivity contribution in [2.75, 3.05) is 6.54 Å². The van der Waals surface area contributed by atoms with Crippen LogP contribution in [0.4, 0.5) is 4.79 Å². The highest BCUT2D eigenvalue weighted by Gasteiger charge is 2.26. The highest BCUT2D eigenvalue weighted by atomic mass is 16.6. The van der Waals surface area contributed by atoms with Crippen LogP contribution in [-0.4, -0.2) is 41.3 Å². The minimum atomic E-state index is -1.16. The zero-order valence-electron chi connectivity index (χ0n) is 19.6. The van der Waals surface area contributed by atoms with E-state index >= 15 is 0 Å². The topological polar surface area (TPSA) is 105 Å². The van der Waals surface area contributed by atoms with E-state index in [-0.39, 0.29) is 0 Å². The molecule has 0 aromatic heterocycles. The molecule has 0 radical (unpaired) electrons. The largest absolute Gasteiger partial charge is 0.481 e. The fourth-order valence-corrected chi connectivity index (χ4v) is 3.13. The van der Waals surface area contributed by atoms with Crippen LogP contribution < -0.4 is 10.6 Å². The van der Waals surface area contributed by atoms with Gasteiger partial charge in [0.15, 0.2) is 0 Å². The fraction of sp³-hybridized carbons (Fsp3) is 0.870. The Morgan fingerprint density at radius 1 is 0.833 bits per heavy atom. The van der Waals surface area contributed by atoms with E-state index in [1.807, 2.05) is 0 Å². The van der Waals surface area contributed by atoms with Gasteiger partial charge in [-0.2, -0.15) is 0 Å². The Morgan fingerprint density at radius 3 is 1.73 bits per heavy atom. The SMILES string of the molecule is CCCCCCCCCCCCCCNC(=O)C(CC(=O)O)NC(=O)OC(C)(C)C. The number of carboxylic acids is 1. The van der Waals surface area contributed by atoms with Gasteiger partial charge in [-0.05, 0) is 27.2 Å². The van der Waals surface area contributed by atoms with Crippen molar-refractivity contribution in [1.29, 1.82) is 0 Å². The number of rotatable bonds is 17. The smallest absolute Gasteiger partial charge is 0.408 e. The summed E-state index contributed by atoms with van der Waals surface area (Å²) >= 11 is 0. The fourth-order valence-electron chi connectivity index (χ4n) is 3.13. The van der Waals surface area contributed by atoms with Crippen molar-refractivity contribution in [3.05, 3.63) is 0 Å². The second-order valence-corrected chi connectivity index (χ2v) is 8.98. The molecule has 0 aliphatic carbocycles. The number of ether oxygens (including phenoxy) is 1. The van der Waals surface area contributed by atoms with Crippen molar-refractivity contribution in [1.82, 2.24) is 10.6 Å². The van der Waals surface area contributed by atoms with Crippen LogP contribution in [0.15, 0.2) is 0 Å². The van der Waals surface area contributed by atoms with Gasteiger partial charge in [0.1, 0.15) is 11.6 Å². The molecule has 1 atom stereocenters. The Hall–Kier alpha value is -1.79. The van der Waals surface area contributed by atoms with Gasteiger partial charge in [-0.3, -0.25) is 9.59 Å². The summed E-state index contributed by atoms with van der Waals surface area (Å²) in [5, 5.41) is 14.1. The summed E-state index contributed by atoms with van der Waals surface area (Å²) < 4.78 is 5.10. The van der Waals surface area contributed by atoms with Gasteiger partial charge in [0.25, 0.3) is 0 Å². The molecule has 0 aromatic carbocycles. The molecular weight excluding hydrogens is 384 g/mol. The highest BCUT2D eigenvalue weighted by molar-refractivity contribution is 5.89. The van der Waals surface area contributed by atoms with E-state index in [0.717, 1.165) is 19.3 Å². The Balaban J connectivity index is 3.88. The maximum absolute atomic E-state index is 12.2. The number of aliphatic carboxylic acids is 1. The van der Waals surface area contributed by atoms with Crippen LogP contribution in [0.25, 0.3) is 0 Å². The third-order valence-corrected chi connectivity index (χ3v) is 4.72. The summed E-state index contributed by atoms with van der Waals surface area (Å²) in [6.07, 6.45) is 13.6. The van der Waals surface area contributed by atoms with E-state index < -0.39 is 36.0 Å². The van der Waals surface area contributed by atoms with Gasteiger partial charge < -0.3 is 20.5 Å². The lowest BCUT2D eigenvalue weighted by Crippen LogP contribution is -2.49. The number of hydrogen-bond donors (Lipinski definition) is 3. The summed E-state index contributed by atoms with van der Waals surface area (Å²) in [6.45, 7) is 7.81. The molecule has 7 heteroatoms. The Kier molecular flexibility index (Phi) is 15.9. The van der Waals surface area contributed by atoms with Crippen molar-refractivity contribution in [3.8, 4) is 0 Å². The maximum Gasteiger partial charge on any atom is 0.408 e. The average Bonchev–Trinajstić information content (AvgIpc) is 2.62. The summed E-state index contributed by atoms with van der Waals surface area (Å²) in [6, 6.07) is -1.14. The maximum atomic E-state index is 12.2. The van der Waals surface area contributed by atoms with Gasteiger partial charge in [0, 0.05) is 6.54 Å². The van der Waals surface area contributed by atoms with Crippen LogP contribution >= 0.6 is 0 Å². The van der Waals surface area contributed by atoms with Gasteiger partial charge in [-0.25, -0.2) is 4.79 Å². The lowest BCUT2D eigenvalue weighted by atomic mass is 10.1. The van der Waals surface area contributed by atoms with Crippen molar-refractivity contribution in [2.24, 2.45) is 0 Å². The van der Waals surface area contributed by atoms with Crippen LogP contribution in [0.2, 0.25) is 0 Å². The molecular formula is C23H44N2O5. The lowest BCUT2D eigenvalue weighted by Gasteiger charge is -2.22. The molecule has 1 unspecified atom stereocenters. The molecule has 2 amide bonds. The molecule has 0 saturated heterocycles. The number of alkyl carbamates (subject to hydrolysis) is 1. The molecule has 0 spiro atoms. The van der Waals surface area contributed by atoms with Gasteiger partial charge in [0.2, 0.25) is 5.91 Å². The molecule has 0 aliphatic heterocycles. The minimum absolute atomic E-state index is 0.475. The van der Waals surface area contributed by atoms with E-state index in [0.29, 0.717) is 6.54 Å². The van der Waals surface area contributed by atoms with Gasteiger partial charge in [0.05, 0.1) is 6.42 Å². The van der Waals surface area contributed by atoms with E-state index in [9.17, 15) is 14.4 Å². The number of hydrogen-bond acceptors (Lipinski definition) is 4. The van der Waals surface area contributed by atoms with Gasteiger partial charge >= 0.3 is 12.1 Å². The monoisotopic (exact) mass is 428 g/mol. The van der Waals surface area contributed by atoms with Crippen molar-refractivity contribution in [3.63, 3.8) is 0 Å². The first-order valence-corrected chi connectivity index (χ1v) is 11.6. The molecule has 0 heterocycles. The van der Waals surface area contributed by atoms with Crippen molar-refractivity contribution < 1.29 is 24.2 Å². The predicted octanol–water partition coefficient (Wildman–Crippen LogP) is 5.17. The first-order valence-electron chi connectivity index (χ1n) is 11.6. The molecule has 0 bridgehead atoms. The Labute approximate surface area is 182 Å². The van der Waals surface area contributed by atoms with Crippen molar-refractivity contribution in [2.45, 2.75) is 123 Å². The van der Waals surface area contributed by atoms with Crippen LogP contribution in [-0.2, 0) is 14.3 Å². The molecule has 0 fully saturated rings. The number of carbonyl (C=O) groups is 3. The van der Waals surface area contributed by atoms with E-state index in [2.05, 4.69) is 17.6 Å². The summed E-state index contributed by atoms with van der Waals surface area (Å²) in [4.78, 5) is 35.1. The third kappa shape index (κ3) is 18.3.